The lowest BCUT2D eigenvalue weighted by molar-refractivity contribution is -0.153. The highest BCUT2D eigenvalue weighted by atomic mass is 16.5. The Morgan fingerprint density at radius 3 is 2.17 bits per heavy atom. The average molecular weight is 652 g/mol. The van der Waals surface area contributed by atoms with Gasteiger partial charge in [-0.15, -0.1) is 0 Å². The number of rotatable bonds is 13. The first kappa shape index (κ1) is 34.3. The van der Waals surface area contributed by atoms with Crippen molar-refractivity contribution >= 4 is 17.8 Å². The molecule has 1 saturated heterocycles. The summed E-state index contributed by atoms with van der Waals surface area (Å²) in [7, 11) is 0. The fourth-order valence-corrected chi connectivity index (χ4v) is 5.50. The Balaban J connectivity index is 1.24. The molecule has 252 valence electrons. The summed E-state index contributed by atoms with van der Waals surface area (Å²) in [6, 6.07) is 16.4. The number of carbonyl (C=O) groups excluding carboxylic acids is 2. The van der Waals surface area contributed by atoms with Crippen molar-refractivity contribution in [1.29, 1.82) is 0 Å². The molecule has 1 aliphatic heterocycles. The zero-order valence-corrected chi connectivity index (χ0v) is 28.3. The lowest BCUT2D eigenvalue weighted by Gasteiger charge is -2.39. The molecule has 2 amide bonds. The maximum Gasteiger partial charge on any atom is 0.310 e. The molecular formula is C38H45N5O5. The van der Waals surface area contributed by atoms with Crippen LogP contribution in [0.15, 0.2) is 79.4 Å². The summed E-state index contributed by atoms with van der Waals surface area (Å²) in [6.45, 7) is 11.5. The normalized spacial score (nSPS) is 14.0. The van der Waals surface area contributed by atoms with E-state index in [2.05, 4.69) is 29.1 Å². The Morgan fingerprint density at radius 2 is 1.58 bits per heavy atom. The van der Waals surface area contributed by atoms with Crippen LogP contribution in [-0.4, -0.2) is 68.1 Å². The monoisotopic (exact) mass is 651 g/mol. The molecule has 2 aromatic carbocycles. The fraction of sp³-hybridized carbons (Fsp3) is 0.395. The minimum absolute atomic E-state index is 0.129. The molecule has 10 heteroatoms. The number of aromatic nitrogens is 3. The quantitative estimate of drug-likeness (QED) is 0.168. The summed E-state index contributed by atoms with van der Waals surface area (Å²) in [5, 5.41) is 12.2. The molecule has 0 saturated carbocycles. The van der Waals surface area contributed by atoms with E-state index >= 15 is 0 Å². The van der Waals surface area contributed by atoms with E-state index in [1.807, 2.05) is 80.1 Å². The van der Waals surface area contributed by atoms with Crippen LogP contribution in [0.3, 0.4) is 0 Å². The van der Waals surface area contributed by atoms with Crippen molar-refractivity contribution in [3.8, 4) is 28.3 Å². The number of nitrogens with zero attached hydrogens (tertiary/aromatic N) is 4. The first-order chi connectivity index (χ1) is 22.9. The number of benzene rings is 2. The number of ether oxygens (including phenoxy) is 1. The van der Waals surface area contributed by atoms with Gasteiger partial charge in [-0.3, -0.25) is 14.4 Å². The maximum absolute atomic E-state index is 13.5. The van der Waals surface area contributed by atoms with Crippen LogP contribution in [0.4, 0.5) is 0 Å². The molecule has 4 aromatic rings. The predicted octanol–water partition coefficient (Wildman–Crippen LogP) is 6.07. The lowest BCUT2D eigenvalue weighted by Crippen LogP contribution is -2.59. The molecular weight excluding hydrogens is 606 g/mol. The van der Waals surface area contributed by atoms with Gasteiger partial charge in [0.05, 0.1) is 18.1 Å². The van der Waals surface area contributed by atoms with Gasteiger partial charge in [0.15, 0.2) is 5.82 Å². The summed E-state index contributed by atoms with van der Waals surface area (Å²) in [5.41, 5.74) is 3.80. The molecule has 1 atom stereocenters. The van der Waals surface area contributed by atoms with Crippen LogP contribution in [0.5, 0.6) is 5.75 Å². The standard InChI is InChI=1S/C38H45N5O5/c1-25(2)7-6-18-48-32-14-12-27(13-15-32)30-20-39-34(40-21-30)28-10-8-26(9-11-28)19-33(36(45)42-22-31(23-42)37(46)47)41-35(44)29-16-17-43(24-29)38(3,4)5/h8-17,20-21,24-25,31,33H,6-7,18-19,22-23H2,1-5H3,(H,41,44)(H,46,47)/t33-/m0/s1. The minimum Gasteiger partial charge on any atom is -0.494 e. The van der Waals surface area contributed by atoms with Gasteiger partial charge >= 0.3 is 5.97 Å². The molecule has 10 nitrogen and oxygen atoms in total. The molecule has 1 aliphatic rings. The number of carboxylic acid groups (broad SMARTS) is 1. The summed E-state index contributed by atoms with van der Waals surface area (Å²) in [4.78, 5) is 48.7. The summed E-state index contributed by atoms with van der Waals surface area (Å²) in [5.74, 6) is -0.0914. The number of hydrogen-bond acceptors (Lipinski definition) is 6. The van der Waals surface area contributed by atoms with E-state index in [9.17, 15) is 19.5 Å². The molecule has 0 bridgehead atoms. The number of likely N-dealkylation sites (tertiary alicyclic amines) is 1. The van der Waals surface area contributed by atoms with Crippen molar-refractivity contribution in [2.24, 2.45) is 11.8 Å². The van der Waals surface area contributed by atoms with E-state index in [0.29, 0.717) is 23.9 Å². The van der Waals surface area contributed by atoms with E-state index in [4.69, 9.17) is 4.74 Å². The third-order valence-electron chi connectivity index (χ3n) is 8.56. The molecule has 48 heavy (non-hydrogen) atoms. The van der Waals surface area contributed by atoms with Gasteiger partial charge in [0.25, 0.3) is 5.91 Å². The maximum atomic E-state index is 13.5. The van der Waals surface area contributed by atoms with Crippen LogP contribution in [0.2, 0.25) is 0 Å². The van der Waals surface area contributed by atoms with Gasteiger partial charge in [0, 0.05) is 61.0 Å². The number of aliphatic carboxylic acids is 1. The van der Waals surface area contributed by atoms with Gasteiger partial charge in [-0.2, -0.15) is 0 Å². The summed E-state index contributed by atoms with van der Waals surface area (Å²) in [6.07, 6.45) is 9.62. The van der Waals surface area contributed by atoms with Crippen LogP contribution < -0.4 is 10.1 Å². The molecule has 3 heterocycles. The largest absolute Gasteiger partial charge is 0.494 e. The molecule has 0 unspecified atom stereocenters. The van der Waals surface area contributed by atoms with E-state index in [0.717, 1.165) is 40.8 Å². The molecule has 5 rings (SSSR count). The zero-order valence-electron chi connectivity index (χ0n) is 28.3. The highest BCUT2D eigenvalue weighted by Gasteiger charge is 2.39. The van der Waals surface area contributed by atoms with Crippen molar-refractivity contribution in [1.82, 2.24) is 24.8 Å². The van der Waals surface area contributed by atoms with Crippen molar-refractivity contribution in [3.63, 3.8) is 0 Å². The van der Waals surface area contributed by atoms with Crippen LogP contribution in [0.1, 0.15) is 63.4 Å². The van der Waals surface area contributed by atoms with Gasteiger partial charge in [0.2, 0.25) is 5.91 Å². The van der Waals surface area contributed by atoms with Crippen molar-refractivity contribution < 1.29 is 24.2 Å². The second-order valence-electron chi connectivity index (χ2n) is 13.9. The van der Waals surface area contributed by atoms with Crippen molar-refractivity contribution in [3.05, 3.63) is 90.5 Å². The molecule has 0 spiro atoms. The summed E-state index contributed by atoms with van der Waals surface area (Å²) >= 11 is 0. The van der Waals surface area contributed by atoms with Gasteiger partial charge in [-0.25, -0.2) is 9.97 Å². The first-order valence-electron chi connectivity index (χ1n) is 16.5. The van der Waals surface area contributed by atoms with Crippen LogP contribution in [0, 0.1) is 11.8 Å². The Bertz CT molecular complexity index is 1700. The second-order valence-corrected chi connectivity index (χ2v) is 13.9. The Morgan fingerprint density at radius 1 is 0.938 bits per heavy atom. The highest BCUT2D eigenvalue weighted by Crippen LogP contribution is 2.25. The van der Waals surface area contributed by atoms with Crippen LogP contribution in [0.25, 0.3) is 22.5 Å². The number of carboxylic acids is 1. The second kappa shape index (κ2) is 14.8. The van der Waals surface area contributed by atoms with Crippen molar-refractivity contribution in [2.75, 3.05) is 19.7 Å². The Hall–Kier alpha value is -4.99. The number of amides is 2. The Kier molecular flexibility index (Phi) is 10.6. The van der Waals surface area contributed by atoms with Crippen LogP contribution in [-0.2, 0) is 21.5 Å². The van der Waals surface area contributed by atoms with Gasteiger partial charge in [0.1, 0.15) is 11.8 Å². The lowest BCUT2D eigenvalue weighted by atomic mass is 9.96. The topological polar surface area (TPSA) is 127 Å². The third-order valence-corrected chi connectivity index (χ3v) is 8.56. The smallest absolute Gasteiger partial charge is 0.310 e. The van der Waals surface area contributed by atoms with Gasteiger partial charge in [-0.05, 0) is 68.9 Å². The fourth-order valence-electron chi connectivity index (χ4n) is 5.50. The molecule has 1 fully saturated rings. The van der Waals surface area contributed by atoms with Crippen LogP contribution >= 0.6 is 0 Å². The van der Waals surface area contributed by atoms with E-state index in [1.165, 1.54) is 4.90 Å². The van der Waals surface area contributed by atoms with E-state index in [1.54, 1.807) is 24.7 Å². The number of carbonyl (C=O) groups is 3. The number of hydrogen-bond donors (Lipinski definition) is 2. The zero-order chi connectivity index (χ0) is 34.4. The molecule has 2 N–H and O–H groups in total. The van der Waals surface area contributed by atoms with Gasteiger partial charge in [-0.1, -0.05) is 50.2 Å². The SMILES string of the molecule is CC(C)CCCOc1ccc(-c2cnc(-c3ccc(C[C@H](NC(=O)c4ccn(C(C)(C)C)c4)C(=O)N4CC(C(=O)O)C4)cc3)nc2)cc1. The summed E-state index contributed by atoms with van der Waals surface area (Å²) < 4.78 is 7.80. The molecule has 0 aliphatic carbocycles. The minimum atomic E-state index is -0.926. The van der Waals surface area contributed by atoms with Crippen molar-refractivity contribution in [2.45, 2.75) is 65.5 Å². The predicted molar refractivity (Wildman–Crippen MR) is 185 cm³/mol. The molecule has 2 aromatic heterocycles. The third kappa shape index (κ3) is 8.67. The first-order valence-corrected chi connectivity index (χ1v) is 16.5. The van der Waals surface area contributed by atoms with E-state index < -0.39 is 17.9 Å². The van der Waals surface area contributed by atoms with Gasteiger partial charge < -0.3 is 24.6 Å². The highest BCUT2D eigenvalue weighted by molar-refractivity contribution is 5.98. The molecule has 0 radical (unpaired) electrons. The average Bonchev–Trinajstić information content (AvgIpc) is 3.54. The van der Waals surface area contributed by atoms with E-state index in [-0.39, 0.29) is 36.9 Å². The Labute approximate surface area is 282 Å². The number of nitrogens with one attached hydrogen (secondary N) is 1.